The standard InChI is InChI=1S/C15H12INO2S/c1-8-9(2)20-15-13(8)14(18)17-12(19-15)7-10-3-5-11(16)6-4-10/h3-6H,7H2,1-2H3. The minimum atomic E-state index is -0.186. The van der Waals surface area contributed by atoms with Crippen molar-refractivity contribution in [2.45, 2.75) is 20.3 Å². The lowest BCUT2D eigenvalue weighted by molar-refractivity contribution is 0.524. The first kappa shape index (κ1) is 13.8. The van der Waals surface area contributed by atoms with E-state index in [4.69, 9.17) is 4.42 Å². The Hall–Kier alpha value is -1.21. The van der Waals surface area contributed by atoms with Gasteiger partial charge in [0.2, 0.25) is 5.89 Å². The summed E-state index contributed by atoms with van der Waals surface area (Å²) in [5.41, 5.74) is 1.88. The predicted molar refractivity (Wildman–Crippen MR) is 89.6 cm³/mol. The number of rotatable bonds is 2. The topological polar surface area (TPSA) is 43.1 Å². The normalized spacial score (nSPS) is 11.2. The number of nitrogens with zero attached hydrogens (tertiary/aromatic N) is 1. The molecule has 1 aromatic carbocycles. The summed E-state index contributed by atoms with van der Waals surface area (Å²) in [5.74, 6) is 0.477. The van der Waals surface area contributed by atoms with Crippen molar-refractivity contribution in [2.75, 3.05) is 0 Å². The Kier molecular flexibility index (Phi) is 3.64. The monoisotopic (exact) mass is 397 g/mol. The van der Waals surface area contributed by atoms with Crippen molar-refractivity contribution in [1.82, 2.24) is 4.98 Å². The van der Waals surface area contributed by atoms with Crippen molar-refractivity contribution < 1.29 is 4.42 Å². The van der Waals surface area contributed by atoms with Gasteiger partial charge in [-0.05, 0) is 59.7 Å². The third-order valence-electron chi connectivity index (χ3n) is 3.27. The molecule has 3 rings (SSSR count). The van der Waals surface area contributed by atoms with Crippen LogP contribution in [0.1, 0.15) is 21.9 Å². The Balaban J connectivity index is 2.05. The molecular formula is C15H12INO2S. The van der Waals surface area contributed by atoms with Crippen molar-refractivity contribution in [2.24, 2.45) is 0 Å². The molecule has 20 heavy (non-hydrogen) atoms. The van der Waals surface area contributed by atoms with E-state index in [-0.39, 0.29) is 5.56 Å². The van der Waals surface area contributed by atoms with Gasteiger partial charge in [-0.3, -0.25) is 4.79 Å². The van der Waals surface area contributed by atoms with Crippen LogP contribution in [-0.4, -0.2) is 4.98 Å². The third-order valence-corrected chi connectivity index (χ3v) is 5.08. The fraction of sp³-hybridized carbons (Fsp3) is 0.200. The molecule has 0 saturated carbocycles. The van der Waals surface area contributed by atoms with Crippen LogP contribution in [0.5, 0.6) is 0 Å². The van der Waals surface area contributed by atoms with Gasteiger partial charge in [-0.15, -0.1) is 11.3 Å². The summed E-state index contributed by atoms with van der Waals surface area (Å²) >= 11 is 3.78. The minimum Gasteiger partial charge on any atom is -0.431 e. The molecule has 3 nitrogen and oxygen atoms in total. The van der Waals surface area contributed by atoms with E-state index in [1.54, 1.807) is 0 Å². The number of thiophene rings is 1. The molecule has 0 radical (unpaired) electrons. The zero-order valence-electron chi connectivity index (χ0n) is 11.1. The fourth-order valence-corrected chi connectivity index (χ4v) is 3.44. The van der Waals surface area contributed by atoms with Crippen LogP contribution in [0.3, 0.4) is 0 Å². The smallest absolute Gasteiger partial charge is 0.284 e. The molecule has 0 atom stereocenters. The van der Waals surface area contributed by atoms with Crippen LogP contribution >= 0.6 is 33.9 Å². The molecule has 5 heteroatoms. The summed E-state index contributed by atoms with van der Waals surface area (Å²) in [6, 6.07) is 8.12. The fourth-order valence-electron chi connectivity index (χ4n) is 2.07. The number of hydrogen-bond donors (Lipinski definition) is 0. The maximum atomic E-state index is 12.1. The Morgan fingerprint density at radius 1 is 1.25 bits per heavy atom. The highest BCUT2D eigenvalue weighted by Crippen LogP contribution is 2.28. The van der Waals surface area contributed by atoms with Gasteiger partial charge in [-0.2, -0.15) is 4.98 Å². The molecule has 0 spiro atoms. The second-order valence-corrected chi connectivity index (χ2v) is 7.09. The summed E-state index contributed by atoms with van der Waals surface area (Å²) < 4.78 is 6.97. The van der Waals surface area contributed by atoms with Crippen molar-refractivity contribution in [3.05, 3.63) is 60.1 Å². The maximum absolute atomic E-state index is 12.1. The number of benzene rings is 1. The number of halogens is 1. The molecule has 0 aliphatic heterocycles. The van der Waals surface area contributed by atoms with Crippen LogP contribution in [-0.2, 0) is 6.42 Å². The van der Waals surface area contributed by atoms with Gasteiger partial charge in [0.15, 0.2) is 4.90 Å². The SMILES string of the molecule is Cc1sc2oc(Cc3ccc(I)cc3)nc(=O)c2c1C. The molecule has 2 heterocycles. The van der Waals surface area contributed by atoms with Crippen LogP contribution < -0.4 is 5.56 Å². The Morgan fingerprint density at radius 3 is 2.65 bits per heavy atom. The average molecular weight is 397 g/mol. The van der Waals surface area contributed by atoms with E-state index < -0.39 is 0 Å². The second-order valence-electron chi connectivity index (χ2n) is 4.66. The van der Waals surface area contributed by atoms with Crippen LogP contribution in [0.4, 0.5) is 0 Å². The van der Waals surface area contributed by atoms with Crippen LogP contribution in [0.25, 0.3) is 10.3 Å². The Morgan fingerprint density at radius 2 is 1.95 bits per heavy atom. The van der Waals surface area contributed by atoms with Crippen molar-refractivity contribution >= 4 is 44.2 Å². The molecule has 0 aliphatic carbocycles. The average Bonchev–Trinajstić information content (AvgIpc) is 2.68. The molecule has 0 amide bonds. The van der Waals surface area contributed by atoms with E-state index >= 15 is 0 Å². The highest BCUT2D eigenvalue weighted by molar-refractivity contribution is 14.1. The van der Waals surface area contributed by atoms with E-state index in [9.17, 15) is 4.79 Å². The zero-order valence-corrected chi connectivity index (χ0v) is 14.0. The largest absolute Gasteiger partial charge is 0.431 e. The molecule has 0 fully saturated rings. The highest BCUT2D eigenvalue weighted by atomic mass is 127. The van der Waals surface area contributed by atoms with Gasteiger partial charge in [0, 0.05) is 14.9 Å². The highest BCUT2D eigenvalue weighted by Gasteiger charge is 2.13. The third kappa shape index (κ3) is 2.52. The Bertz CT molecular complexity index is 833. The van der Waals surface area contributed by atoms with Gasteiger partial charge in [0.1, 0.15) is 0 Å². The minimum absolute atomic E-state index is 0.186. The summed E-state index contributed by atoms with van der Waals surface area (Å²) in [5, 5.41) is 0.624. The zero-order chi connectivity index (χ0) is 14.3. The number of aromatic nitrogens is 1. The van der Waals surface area contributed by atoms with Crippen molar-refractivity contribution in [1.29, 1.82) is 0 Å². The van der Waals surface area contributed by atoms with Gasteiger partial charge < -0.3 is 4.42 Å². The van der Waals surface area contributed by atoms with E-state index in [1.165, 1.54) is 14.9 Å². The van der Waals surface area contributed by atoms with E-state index in [0.717, 1.165) is 16.0 Å². The second kappa shape index (κ2) is 5.29. The first-order chi connectivity index (χ1) is 9.54. The van der Waals surface area contributed by atoms with Gasteiger partial charge in [0.25, 0.3) is 5.56 Å². The molecular weight excluding hydrogens is 385 g/mol. The summed E-state index contributed by atoms with van der Waals surface area (Å²) in [4.78, 5) is 18.0. The molecule has 3 aromatic rings. The first-order valence-corrected chi connectivity index (χ1v) is 8.08. The molecule has 0 saturated heterocycles. The molecule has 0 bridgehead atoms. The van der Waals surface area contributed by atoms with Gasteiger partial charge in [-0.25, -0.2) is 0 Å². The van der Waals surface area contributed by atoms with E-state index in [1.807, 2.05) is 38.1 Å². The molecule has 102 valence electrons. The van der Waals surface area contributed by atoms with Crippen LogP contribution in [0.15, 0.2) is 33.5 Å². The van der Waals surface area contributed by atoms with Crippen LogP contribution in [0, 0.1) is 17.4 Å². The quantitative estimate of drug-likeness (QED) is 0.613. The molecule has 0 aliphatic rings. The van der Waals surface area contributed by atoms with Crippen molar-refractivity contribution in [3.8, 4) is 0 Å². The molecule has 0 unspecified atom stereocenters. The first-order valence-electron chi connectivity index (χ1n) is 6.19. The number of aryl methyl sites for hydroxylation is 2. The van der Waals surface area contributed by atoms with Gasteiger partial charge in [0.05, 0.1) is 5.39 Å². The lowest BCUT2D eigenvalue weighted by Crippen LogP contribution is -2.09. The van der Waals surface area contributed by atoms with Gasteiger partial charge in [-0.1, -0.05) is 12.1 Å². The molecule has 0 N–H and O–H groups in total. The molecule has 2 aromatic heterocycles. The summed E-state index contributed by atoms with van der Waals surface area (Å²) in [6.07, 6.45) is 0.540. The maximum Gasteiger partial charge on any atom is 0.284 e. The van der Waals surface area contributed by atoms with Gasteiger partial charge >= 0.3 is 0 Å². The number of hydrogen-bond acceptors (Lipinski definition) is 4. The van der Waals surface area contributed by atoms with E-state index in [2.05, 4.69) is 27.6 Å². The predicted octanol–water partition coefficient (Wildman–Crippen LogP) is 4.06. The number of fused-ring (bicyclic) bond motifs is 1. The lowest BCUT2D eigenvalue weighted by atomic mass is 10.1. The summed E-state index contributed by atoms with van der Waals surface area (Å²) in [6.45, 7) is 3.93. The van der Waals surface area contributed by atoms with Crippen LogP contribution in [0.2, 0.25) is 0 Å². The Labute approximate surface area is 133 Å². The lowest BCUT2D eigenvalue weighted by Gasteiger charge is -2.00. The van der Waals surface area contributed by atoms with Crippen molar-refractivity contribution in [3.63, 3.8) is 0 Å². The van der Waals surface area contributed by atoms with E-state index in [0.29, 0.717) is 22.6 Å². The summed E-state index contributed by atoms with van der Waals surface area (Å²) in [7, 11) is 0.